The van der Waals surface area contributed by atoms with Gasteiger partial charge in [0.2, 0.25) is 0 Å². The van der Waals surface area contributed by atoms with Crippen molar-refractivity contribution < 1.29 is 0 Å². The fraction of sp³-hybridized carbons (Fsp3) is 0.429. The quantitative estimate of drug-likeness (QED) is 0.706. The molecule has 0 atom stereocenters. The van der Waals surface area contributed by atoms with Crippen LogP contribution < -0.4 is 5.32 Å². The summed E-state index contributed by atoms with van der Waals surface area (Å²) in [4.78, 5) is 8.44. The number of rotatable bonds is 1. The van der Waals surface area contributed by atoms with E-state index in [9.17, 15) is 0 Å². The molecule has 0 unspecified atom stereocenters. The third-order valence-electron chi connectivity index (χ3n) is 1.79. The molecule has 2 heterocycles. The van der Waals surface area contributed by atoms with E-state index in [2.05, 4.69) is 31.2 Å². The predicted octanol–water partition coefficient (Wildman–Crippen LogP) is 0.926. The maximum Gasteiger partial charge on any atom is 0.135 e. The highest BCUT2D eigenvalue weighted by atomic mass is 79.9. The Hall–Kier alpha value is -0.480. The molecule has 0 radical (unpaired) electrons. The summed E-state index contributed by atoms with van der Waals surface area (Å²) < 4.78 is 0.870. The van der Waals surface area contributed by atoms with Crippen molar-refractivity contribution in [3.63, 3.8) is 0 Å². The van der Waals surface area contributed by atoms with Crippen LogP contribution in [0.1, 0.15) is 11.7 Å². The van der Waals surface area contributed by atoms with Crippen molar-refractivity contribution in [2.75, 3.05) is 13.1 Å². The molecule has 1 aliphatic heterocycles. The van der Waals surface area contributed by atoms with Crippen LogP contribution in [0.25, 0.3) is 0 Å². The van der Waals surface area contributed by atoms with Gasteiger partial charge in [-0.1, -0.05) is 0 Å². The standard InChI is InChI=1S/C7H8BrN3/c8-6-1-2-10-7(11-6)5-3-9-4-5/h1-2,5,9H,3-4H2. The van der Waals surface area contributed by atoms with Gasteiger partial charge in [0.1, 0.15) is 10.4 Å². The summed E-state index contributed by atoms with van der Waals surface area (Å²) in [5.41, 5.74) is 0. The molecule has 1 fully saturated rings. The summed E-state index contributed by atoms with van der Waals surface area (Å²) in [7, 11) is 0. The lowest BCUT2D eigenvalue weighted by Gasteiger charge is -2.25. The minimum atomic E-state index is 0.521. The van der Waals surface area contributed by atoms with Crippen molar-refractivity contribution in [3.05, 3.63) is 22.7 Å². The van der Waals surface area contributed by atoms with Gasteiger partial charge in [-0.15, -0.1) is 0 Å². The molecule has 0 saturated carbocycles. The average Bonchev–Trinajstić information content (AvgIpc) is 1.83. The third-order valence-corrected chi connectivity index (χ3v) is 2.23. The van der Waals surface area contributed by atoms with E-state index < -0.39 is 0 Å². The van der Waals surface area contributed by atoms with E-state index in [4.69, 9.17) is 0 Å². The van der Waals surface area contributed by atoms with Crippen LogP contribution in [0.4, 0.5) is 0 Å². The molecule has 2 rings (SSSR count). The number of halogens is 1. The highest BCUT2D eigenvalue weighted by Gasteiger charge is 2.21. The Kier molecular flexibility index (Phi) is 1.87. The normalized spacial score (nSPS) is 17.9. The van der Waals surface area contributed by atoms with Gasteiger partial charge in [0, 0.05) is 25.2 Å². The Morgan fingerprint density at radius 1 is 1.55 bits per heavy atom. The van der Waals surface area contributed by atoms with Crippen LogP contribution in [-0.2, 0) is 0 Å². The molecule has 0 aliphatic carbocycles. The zero-order chi connectivity index (χ0) is 7.68. The number of hydrogen-bond acceptors (Lipinski definition) is 3. The van der Waals surface area contributed by atoms with Crippen molar-refractivity contribution in [2.24, 2.45) is 0 Å². The average molecular weight is 214 g/mol. The molecule has 4 heteroatoms. The van der Waals surface area contributed by atoms with E-state index in [0.29, 0.717) is 5.92 Å². The number of nitrogens with one attached hydrogen (secondary N) is 1. The van der Waals surface area contributed by atoms with Gasteiger partial charge in [-0.2, -0.15) is 0 Å². The van der Waals surface area contributed by atoms with Crippen molar-refractivity contribution >= 4 is 15.9 Å². The predicted molar refractivity (Wildman–Crippen MR) is 45.3 cm³/mol. The minimum absolute atomic E-state index is 0.521. The van der Waals surface area contributed by atoms with Crippen LogP contribution in [0.5, 0.6) is 0 Å². The molecule has 11 heavy (non-hydrogen) atoms. The first-order valence-electron chi connectivity index (χ1n) is 3.55. The zero-order valence-electron chi connectivity index (χ0n) is 5.92. The lowest BCUT2D eigenvalue weighted by Crippen LogP contribution is -2.40. The Balaban J connectivity index is 2.23. The van der Waals surface area contributed by atoms with Gasteiger partial charge in [0.15, 0.2) is 0 Å². The number of nitrogens with zero attached hydrogens (tertiary/aromatic N) is 2. The maximum atomic E-state index is 4.26. The van der Waals surface area contributed by atoms with Gasteiger partial charge < -0.3 is 5.32 Å². The van der Waals surface area contributed by atoms with Crippen LogP contribution >= 0.6 is 15.9 Å². The van der Waals surface area contributed by atoms with E-state index in [1.165, 1.54) is 0 Å². The molecule has 0 amide bonds. The molecule has 0 aromatic carbocycles. The summed E-state index contributed by atoms with van der Waals surface area (Å²) in [6, 6.07) is 1.84. The number of hydrogen-bond donors (Lipinski definition) is 1. The van der Waals surface area contributed by atoms with Crippen molar-refractivity contribution in [3.8, 4) is 0 Å². The fourth-order valence-corrected chi connectivity index (χ4v) is 1.32. The monoisotopic (exact) mass is 213 g/mol. The molecule has 0 spiro atoms. The third kappa shape index (κ3) is 1.41. The van der Waals surface area contributed by atoms with Crippen molar-refractivity contribution in [1.82, 2.24) is 15.3 Å². The Bertz CT molecular complexity index is 260. The van der Waals surface area contributed by atoms with Crippen LogP contribution in [0.2, 0.25) is 0 Å². The van der Waals surface area contributed by atoms with Crippen LogP contribution in [0, 0.1) is 0 Å². The molecule has 3 nitrogen and oxygen atoms in total. The highest BCUT2D eigenvalue weighted by Crippen LogP contribution is 2.16. The van der Waals surface area contributed by atoms with E-state index >= 15 is 0 Å². The maximum absolute atomic E-state index is 4.26. The summed E-state index contributed by atoms with van der Waals surface area (Å²) >= 11 is 3.31. The molecule has 58 valence electrons. The van der Waals surface area contributed by atoms with Crippen LogP contribution in [0.3, 0.4) is 0 Å². The largest absolute Gasteiger partial charge is 0.315 e. The smallest absolute Gasteiger partial charge is 0.135 e. The molecule has 1 aromatic heterocycles. The molecule has 1 aromatic rings. The van der Waals surface area contributed by atoms with Crippen LogP contribution in [0.15, 0.2) is 16.9 Å². The lowest BCUT2D eigenvalue weighted by atomic mass is 10.0. The molecular formula is C7H8BrN3. The van der Waals surface area contributed by atoms with Gasteiger partial charge in [0.25, 0.3) is 0 Å². The summed E-state index contributed by atoms with van der Waals surface area (Å²) in [5.74, 6) is 1.46. The summed E-state index contributed by atoms with van der Waals surface area (Å²) in [6.07, 6.45) is 1.78. The Morgan fingerprint density at radius 2 is 2.36 bits per heavy atom. The molecule has 1 N–H and O–H groups in total. The van der Waals surface area contributed by atoms with Crippen LogP contribution in [-0.4, -0.2) is 23.1 Å². The van der Waals surface area contributed by atoms with Gasteiger partial charge >= 0.3 is 0 Å². The molecular weight excluding hydrogens is 206 g/mol. The summed E-state index contributed by atoms with van der Waals surface area (Å²) in [6.45, 7) is 2.02. The number of aromatic nitrogens is 2. The van der Waals surface area contributed by atoms with Gasteiger partial charge in [-0.3, -0.25) is 0 Å². The lowest BCUT2D eigenvalue weighted by molar-refractivity contribution is 0.429. The Morgan fingerprint density at radius 3 is 2.91 bits per heavy atom. The molecule has 0 bridgehead atoms. The Labute approximate surface area is 73.4 Å². The van der Waals surface area contributed by atoms with E-state index in [0.717, 1.165) is 23.5 Å². The zero-order valence-corrected chi connectivity index (χ0v) is 7.50. The SMILES string of the molecule is Brc1ccnc(C2CNC2)n1. The molecule has 1 aliphatic rings. The van der Waals surface area contributed by atoms with Gasteiger partial charge in [-0.05, 0) is 22.0 Å². The first kappa shape index (κ1) is 7.18. The first-order chi connectivity index (χ1) is 5.36. The van der Waals surface area contributed by atoms with E-state index in [1.54, 1.807) is 6.20 Å². The second kappa shape index (κ2) is 2.87. The first-order valence-corrected chi connectivity index (χ1v) is 4.35. The van der Waals surface area contributed by atoms with Gasteiger partial charge in [-0.25, -0.2) is 9.97 Å². The van der Waals surface area contributed by atoms with Gasteiger partial charge in [0.05, 0.1) is 0 Å². The minimum Gasteiger partial charge on any atom is -0.315 e. The van der Waals surface area contributed by atoms with E-state index in [-0.39, 0.29) is 0 Å². The van der Waals surface area contributed by atoms with E-state index in [1.807, 2.05) is 6.07 Å². The van der Waals surface area contributed by atoms with Crippen molar-refractivity contribution in [1.29, 1.82) is 0 Å². The second-order valence-corrected chi connectivity index (χ2v) is 3.41. The summed E-state index contributed by atoms with van der Waals surface area (Å²) in [5, 5.41) is 3.18. The topological polar surface area (TPSA) is 37.8 Å². The van der Waals surface area contributed by atoms with Crippen molar-refractivity contribution in [2.45, 2.75) is 5.92 Å². The molecule has 1 saturated heterocycles. The second-order valence-electron chi connectivity index (χ2n) is 2.59. The highest BCUT2D eigenvalue weighted by molar-refractivity contribution is 9.10. The fourth-order valence-electron chi connectivity index (χ4n) is 1.02.